The number of hydrogen-bond acceptors (Lipinski definition) is 8. The molecule has 2 aromatic heterocycles. The number of anilines is 1. The van der Waals surface area contributed by atoms with Gasteiger partial charge in [-0.1, -0.05) is 16.8 Å². The maximum atomic E-state index is 13.7. The van der Waals surface area contributed by atoms with E-state index in [-0.39, 0.29) is 19.7 Å². The number of aliphatic hydroxyl groups excluding tert-OH is 1. The molecule has 1 saturated heterocycles. The van der Waals surface area contributed by atoms with Crippen molar-refractivity contribution < 1.29 is 18.8 Å². The van der Waals surface area contributed by atoms with Gasteiger partial charge in [-0.2, -0.15) is 0 Å². The number of halogens is 2. The molecule has 0 radical (unpaired) electrons. The molecule has 3 heterocycles. The first kappa shape index (κ1) is 23.4. The SMILES string of the molecule is CNC[C@@H](O)COc1ccc(Cl)c(-c2nc(-c3c(C)noc3C)c(C)c(N3CC(F)C3)n2)c1. The van der Waals surface area contributed by atoms with E-state index in [1.165, 1.54) is 0 Å². The van der Waals surface area contributed by atoms with Crippen LogP contribution in [0.2, 0.25) is 5.02 Å². The molecule has 0 unspecified atom stereocenters. The lowest BCUT2D eigenvalue weighted by Gasteiger charge is -2.36. The van der Waals surface area contributed by atoms with Gasteiger partial charge in [-0.3, -0.25) is 0 Å². The summed E-state index contributed by atoms with van der Waals surface area (Å²) in [5.74, 6) is 2.21. The zero-order valence-corrected chi connectivity index (χ0v) is 19.8. The Hall–Kier alpha value is -2.75. The molecule has 10 heteroatoms. The van der Waals surface area contributed by atoms with Crippen LogP contribution in [-0.4, -0.2) is 65.8 Å². The molecule has 0 aliphatic carbocycles. The van der Waals surface area contributed by atoms with Crippen LogP contribution in [0.1, 0.15) is 17.0 Å². The Labute approximate surface area is 196 Å². The summed E-state index contributed by atoms with van der Waals surface area (Å²) in [5, 5.41) is 17.3. The summed E-state index contributed by atoms with van der Waals surface area (Å²) in [5.41, 5.74) is 3.55. The van der Waals surface area contributed by atoms with Crippen LogP contribution >= 0.6 is 11.6 Å². The minimum atomic E-state index is -0.880. The van der Waals surface area contributed by atoms with Crippen molar-refractivity contribution in [2.45, 2.75) is 33.0 Å². The summed E-state index contributed by atoms with van der Waals surface area (Å²) in [6, 6.07) is 5.18. The molecule has 1 atom stereocenters. The van der Waals surface area contributed by atoms with Crippen molar-refractivity contribution in [3.63, 3.8) is 0 Å². The van der Waals surface area contributed by atoms with E-state index in [9.17, 15) is 9.50 Å². The second kappa shape index (κ2) is 9.62. The Morgan fingerprint density at radius 3 is 2.70 bits per heavy atom. The van der Waals surface area contributed by atoms with Gasteiger partial charge in [-0.15, -0.1) is 0 Å². The van der Waals surface area contributed by atoms with Gasteiger partial charge in [-0.25, -0.2) is 14.4 Å². The van der Waals surface area contributed by atoms with E-state index >= 15 is 0 Å². The lowest BCUT2D eigenvalue weighted by molar-refractivity contribution is 0.108. The average Bonchev–Trinajstić information content (AvgIpc) is 3.09. The van der Waals surface area contributed by atoms with E-state index in [2.05, 4.69) is 10.5 Å². The smallest absolute Gasteiger partial charge is 0.163 e. The molecule has 1 aromatic carbocycles. The van der Waals surface area contributed by atoms with Crippen molar-refractivity contribution in [3.8, 4) is 28.4 Å². The Kier molecular flexibility index (Phi) is 6.83. The van der Waals surface area contributed by atoms with Crippen LogP contribution in [0.15, 0.2) is 22.7 Å². The molecule has 0 saturated carbocycles. The van der Waals surface area contributed by atoms with Gasteiger partial charge in [0.15, 0.2) is 5.82 Å². The van der Waals surface area contributed by atoms with Crippen LogP contribution in [0.25, 0.3) is 22.6 Å². The van der Waals surface area contributed by atoms with Gasteiger partial charge in [0.2, 0.25) is 0 Å². The van der Waals surface area contributed by atoms with E-state index in [4.69, 9.17) is 30.8 Å². The van der Waals surface area contributed by atoms with Gasteiger partial charge >= 0.3 is 0 Å². The second-order valence-corrected chi connectivity index (χ2v) is 8.62. The number of rotatable bonds is 8. The third kappa shape index (κ3) is 4.80. The Bertz CT molecular complexity index is 1130. The largest absolute Gasteiger partial charge is 0.491 e. The Morgan fingerprint density at radius 1 is 1.30 bits per heavy atom. The highest BCUT2D eigenvalue weighted by atomic mass is 35.5. The van der Waals surface area contributed by atoms with Crippen LogP contribution < -0.4 is 15.0 Å². The van der Waals surface area contributed by atoms with Crippen molar-refractivity contribution in [3.05, 3.63) is 40.2 Å². The number of likely N-dealkylation sites (N-methyl/N-ethyl adjacent to an activating group) is 1. The predicted molar refractivity (Wildman–Crippen MR) is 125 cm³/mol. The third-order valence-electron chi connectivity index (χ3n) is 5.59. The summed E-state index contributed by atoms with van der Waals surface area (Å²) in [6.07, 6.45) is -1.53. The van der Waals surface area contributed by atoms with Gasteiger partial charge < -0.3 is 24.6 Å². The molecule has 0 bridgehead atoms. The molecule has 1 aliphatic heterocycles. The van der Waals surface area contributed by atoms with E-state index < -0.39 is 12.3 Å². The van der Waals surface area contributed by atoms with E-state index in [1.807, 2.05) is 25.7 Å². The highest BCUT2D eigenvalue weighted by molar-refractivity contribution is 6.33. The second-order valence-electron chi connectivity index (χ2n) is 8.21. The summed E-state index contributed by atoms with van der Waals surface area (Å²) in [6.45, 7) is 6.68. The number of ether oxygens (including phenoxy) is 1. The van der Waals surface area contributed by atoms with Gasteiger partial charge in [-0.05, 0) is 46.0 Å². The zero-order valence-electron chi connectivity index (χ0n) is 19.0. The summed E-state index contributed by atoms with van der Waals surface area (Å²) >= 11 is 6.53. The molecule has 0 spiro atoms. The fourth-order valence-electron chi connectivity index (χ4n) is 3.85. The molecule has 4 rings (SSSR count). The van der Waals surface area contributed by atoms with Crippen LogP contribution in [0, 0.1) is 20.8 Å². The fraction of sp³-hybridized carbons (Fsp3) is 0.435. The predicted octanol–water partition coefficient (Wildman–Crippen LogP) is 3.49. The van der Waals surface area contributed by atoms with Gasteiger partial charge in [0.1, 0.15) is 36.2 Å². The fourth-order valence-corrected chi connectivity index (χ4v) is 4.05. The number of aliphatic hydroxyl groups is 1. The van der Waals surface area contributed by atoms with Crippen LogP contribution in [0.5, 0.6) is 5.75 Å². The van der Waals surface area contributed by atoms with Crippen molar-refractivity contribution in [1.82, 2.24) is 20.4 Å². The molecule has 3 aromatic rings. The Balaban J connectivity index is 1.78. The van der Waals surface area contributed by atoms with Crippen LogP contribution in [-0.2, 0) is 0 Å². The topological polar surface area (TPSA) is 96.5 Å². The molecule has 8 nitrogen and oxygen atoms in total. The van der Waals surface area contributed by atoms with Gasteiger partial charge in [0, 0.05) is 17.7 Å². The number of hydrogen-bond donors (Lipinski definition) is 2. The lowest BCUT2D eigenvalue weighted by atomic mass is 10.0. The number of nitrogens with zero attached hydrogens (tertiary/aromatic N) is 4. The average molecular weight is 476 g/mol. The number of benzene rings is 1. The van der Waals surface area contributed by atoms with Crippen molar-refractivity contribution in [2.75, 3.05) is 38.2 Å². The van der Waals surface area contributed by atoms with Gasteiger partial charge in [0.05, 0.1) is 35.1 Å². The molecule has 1 fully saturated rings. The standard InChI is InChI=1S/C23H27ClFN5O3/c1-12-21(20-13(2)29-33-14(20)3)27-22(28-23(12)30-9-15(25)10-30)18-7-17(5-6-19(18)24)32-11-16(31)8-26-4/h5-7,15-16,26,31H,8-11H2,1-4H3/t16-/m1/s1. The molecular weight excluding hydrogens is 449 g/mol. The van der Waals surface area contributed by atoms with Crippen LogP contribution in [0.3, 0.4) is 0 Å². The summed E-state index contributed by atoms with van der Waals surface area (Å²) in [7, 11) is 1.76. The van der Waals surface area contributed by atoms with Gasteiger partial charge in [0.25, 0.3) is 0 Å². The molecule has 2 N–H and O–H groups in total. The first-order valence-corrected chi connectivity index (χ1v) is 11.1. The monoisotopic (exact) mass is 475 g/mol. The summed E-state index contributed by atoms with van der Waals surface area (Å²) in [4.78, 5) is 11.5. The van der Waals surface area contributed by atoms with Crippen molar-refractivity contribution in [2.24, 2.45) is 0 Å². The van der Waals surface area contributed by atoms with Crippen LogP contribution in [0.4, 0.5) is 10.2 Å². The molecule has 0 amide bonds. The lowest BCUT2D eigenvalue weighted by Crippen LogP contribution is -2.49. The van der Waals surface area contributed by atoms with Crippen molar-refractivity contribution >= 4 is 17.4 Å². The maximum absolute atomic E-state index is 13.7. The van der Waals surface area contributed by atoms with Crippen molar-refractivity contribution in [1.29, 1.82) is 0 Å². The molecule has 176 valence electrons. The number of nitrogens with one attached hydrogen (secondary N) is 1. The first-order valence-electron chi connectivity index (χ1n) is 10.7. The normalized spacial score (nSPS) is 14.9. The highest BCUT2D eigenvalue weighted by Gasteiger charge is 2.31. The highest BCUT2D eigenvalue weighted by Crippen LogP contribution is 2.38. The molecular formula is C23H27ClFN5O3. The first-order chi connectivity index (χ1) is 15.8. The van der Waals surface area contributed by atoms with E-state index in [0.717, 1.165) is 11.1 Å². The van der Waals surface area contributed by atoms with E-state index in [0.29, 0.717) is 51.7 Å². The minimum absolute atomic E-state index is 0.123. The molecule has 33 heavy (non-hydrogen) atoms. The zero-order chi connectivity index (χ0) is 23.7. The Morgan fingerprint density at radius 2 is 2.06 bits per heavy atom. The number of alkyl halides is 1. The summed E-state index contributed by atoms with van der Waals surface area (Å²) < 4.78 is 24.8. The molecule has 1 aliphatic rings. The number of aromatic nitrogens is 3. The maximum Gasteiger partial charge on any atom is 0.163 e. The number of aryl methyl sites for hydroxylation is 2. The quantitative estimate of drug-likeness (QED) is 0.511. The van der Waals surface area contributed by atoms with E-state index in [1.54, 1.807) is 25.2 Å². The minimum Gasteiger partial charge on any atom is -0.491 e. The third-order valence-corrected chi connectivity index (χ3v) is 5.92.